The van der Waals surface area contributed by atoms with Gasteiger partial charge in [0.1, 0.15) is 13.6 Å². The summed E-state index contributed by atoms with van der Waals surface area (Å²) >= 11 is 0. The molecule has 2 atom stereocenters. The Morgan fingerprint density at radius 2 is 1.83 bits per heavy atom. The van der Waals surface area contributed by atoms with Crippen molar-refractivity contribution in [2.75, 3.05) is 27.3 Å². The Bertz CT molecular complexity index is 226. The highest BCUT2D eigenvalue weighted by Crippen LogP contribution is 2.14. The van der Waals surface area contributed by atoms with Crippen molar-refractivity contribution in [1.82, 2.24) is 0 Å². The lowest BCUT2D eigenvalue weighted by molar-refractivity contribution is -0.123. The molecule has 4 heteroatoms. The Hall–Kier alpha value is -0.420. The first-order valence-corrected chi connectivity index (χ1v) is 6.47. The molecule has 0 fully saturated rings. The van der Waals surface area contributed by atoms with Crippen LogP contribution in [0.2, 0.25) is 0 Å². The van der Waals surface area contributed by atoms with E-state index in [-0.39, 0.29) is 19.7 Å². The molecule has 0 aromatic carbocycles. The minimum absolute atomic E-state index is 0.250. The summed E-state index contributed by atoms with van der Waals surface area (Å²) in [5, 5.41) is 9.78. The zero-order valence-corrected chi connectivity index (χ0v) is 12.3. The Morgan fingerprint density at radius 3 is 2.39 bits per heavy atom. The van der Waals surface area contributed by atoms with E-state index in [9.17, 15) is 5.11 Å². The molecule has 0 unspecified atom stereocenters. The number of aliphatic hydroxyl groups is 1. The first-order valence-electron chi connectivity index (χ1n) is 6.47. The Balaban J connectivity index is 3.79. The van der Waals surface area contributed by atoms with Crippen LogP contribution in [-0.2, 0) is 14.2 Å². The van der Waals surface area contributed by atoms with E-state index in [0.29, 0.717) is 18.4 Å². The molecule has 0 aromatic heterocycles. The maximum atomic E-state index is 9.78. The third-order valence-electron chi connectivity index (χ3n) is 2.62. The highest BCUT2D eigenvalue weighted by Gasteiger charge is 2.10. The third-order valence-corrected chi connectivity index (χ3v) is 2.62. The van der Waals surface area contributed by atoms with E-state index in [0.717, 1.165) is 6.42 Å². The van der Waals surface area contributed by atoms with Gasteiger partial charge in [0, 0.05) is 7.11 Å². The summed E-state index contributed by atoms with van der Waals surface area (Å²) in [6.07, 6.45) is 2.60. The van der Waals surface area contributed by atoms with Crippen LogP contribution in [0.4, 0.5) is 0 Å². The van der Waals surface area contributed by atoms with Crippen LogP contribution >= 0.6 is 0 Å². The molecule has 0 aliphatic rings. The second-order valence-corrected chi connectivity index (χ2v) is 5.11. The summed E-state index contributed by atoms with van der Waals surface area (Å²) in [6, 6.07) is 0. The van der Waals surface area contributed by atoms with Crippen LogP contribution < -0.4 is 0 Å². The summed E-state index contributed by atoms with van der Waals surface area (Å²) in [6.45, 7) is 9.29. The number of rotatable bonds is 10. The summed E-state index contributed by atoms with van der Waals surface area (Å²) in [4.78, 5) is 0. The number of methoxy groups -OCH3 is 1. The van der Waals surface area contributed by atoms with Crippen molar-refractivity contribution in [2.45, 2.75) is 40.2 Å². The van der Waals surface area contributed by atoms with Crippen molar-refractivity contribution in [2.24, 2.45) is 11.8 Å². The number of ether oxygens (including phenoxy) is 3. The lowest BCUT2D eigenvalue weighted by Gasteiger charge is -2.16. The molecule has 0 rings (SSSR count). The van der Waals surface area contributed by atoms with Gasteiger partial charge < -0.3 is 19.3 Å². The van der Waals surface area contributed by atoms with Crippen LogP contribution in [0, 0.1) is 11.8 Å². The highest BCUT2D eigenvalue weighted by molar-refractivity contribution is 5.02. The van der Waals surface area contributed by atoms with Crippen LogP contribution in [0.15, 0.2) is 11.6 Å². The first kappa shape index (κ1) is 17.6. The largest absolute Gasteiger partial charge is 0.393 e. The van der Waals surface area contributed by atoms with Crippen molar-refractivity contribution in [3.8, 4) is 0 Å². The number of hydrogen-bond donors (Lipinski definition) is 1. The molecule has 1 N–H and O–H groups in total. The van der Waals surface area contributed by atoms with Gasteiger partial charge in [0.2, 0.25) is 0 Å². The van der Waals surface area contributed by atoms with Crippen LogP contribution in [0.5, 0.6) is 0 Å². The number of hydrogen-bond acceptors (Lipinski definition) is 4. The Kier molecular flexibility index (Phi) is 10.3. The molecule has 18 heavy (non-hydrogen) atoms. The zero-order chi connectivity index (χ0) is 14.0. The molecule has 0 aromatic rings. The minimum Gasteiger partial charge on any atom is -0.393 e. The second-order valence-electron chi connectivity index (χ2n) is 5.11. The maximum absolute atomic E-state index is 9.78. The van der Waals surface area contributed by atoms with Crippen LogP contribution in [0.1, 0.15) is 34.1 Å². The van der Waals surface area contributed by atoms with E-state index >= 15 is 0 Å². The van der Waals surface area contributed by atoms with Crippen LogP contribution in [0.3, 0.4) is 0 Å². The van der Waals surface area contributed by atoms with Gasteiger partial charge in [0.15, 0.2) is 0 Å². The van der Waals surface area contributed by atoms with Crippen molar-refractivity contribution in [3.05, 3.63) is 11.6 Å². The third kappa shape index (κ3) is 9.59. The fraction of sp³-hybridized carbons (Fsp3) is 0.857. The zero-order valence-electron chi connectivity index (χ0n) is 12.3. The van der Waals surface area contributed by atoms with E-state index in [1.165, 1.54) is 5.57 Å². The van der Waals surface area contributed by atoms with Gasteiger partial charge in [-0.05, 0) is 25.2 Å². The van der Waals surface area contributed by atoms with E-state index in [1.807, 2.05) is 20.8 Å². The Labute approximate surface area is 111 Å². The standard InChI is InChI=1S/C14H28O4/c1-11(2)14(15)7-12(3)6-13(4)8-17-10-18-9-16-5/h6,11,13-15H,7-10H2,1-5H3/b12-6-/t13-,14+/m1/s1. The molecule has 0 bridgehead atoms. The molecule has 0 saturated carbocycles. The van der Waals surface area contributed by atoms with Gasteiger partial charge in [0.05, 0.1) is 12.7 Å². The fourth-order valence-corrected chi connectivity index (χ4v) is 1.58. The topological polar surface area (TPSA) is 47.9 Å². The normalized spacial score (nSPS) is 16.1. The molecule has 0 amide bonds. The SMILES string of the molecule is COCOCOC[C@H](C)/C=C(/C)C[C@H](O)C(C)C. The van der Waals surface area contributed by atoms with Gasteiger partial charge >= 0.3 is 0 Å². The molecule has 0 heterocycles. The van der Waals surface area contributed by atoms with Gasteiger partial charge in [-0.1, -0.05) is 32.4 Å². The average Bonchev–Trinajstić information content (AvgIpc) is 2.28. The fourth-order valence-electron chi connectivity index (χ4n) is 1.58. The molecule has 0 aliphatic heterocycles. The molecular weight excluding hydrogens is 232 g/mol. The molecular formula is C14H28O4. The van der Waals surface area contributed by atoms with Gasteiger partial charge in [-0.25, -0.2) is 0 Å². The van der Waals surface area contributed by atoms with Crippen molar-refractivity contribution in [1.29, 1.82) is 0 Å². The molecule has 0 aliphatic carbocycles. The Morgan fingerprint density at radius 1 is 1.17 bits per heavy atom. The lowest BCUT2D eigenvalue weighted by atomic mass is 9.98. The summed E-state index contributed by atoms with van der Waals surface area (Å²) < 4.78 is 15.1. The summed E-state index contributed by atoms with van der Waals surface area (Å²) in [5.74, 6) is 0.609. The first-order chi connectivity index (χ1) is 8.47. The van der Waals surface area contributed by atoms with E-state index in [4.69, 9.17) is 14.2 Å². The van der Waals surface area contributed by atoms with E-state index in [2.05, 4.69) is 13.0 Å². The van der Waals surface area contributed by atoms with Crippen molar-refractivity contribution >= 4 is 0 Å². The van der Waals surface area contributed by atoms with Gasteiger partial charge in [-0.15, -0.1) is 0 Å². The van der Waals surface area contributed by atoms with Crippen LogP contribution in [0.25, 0.3) is 0 Å². The predicted molar refractivity (Wildman–Crippen MR) is 72.2 cm³/mol. The molecule has 108 valence electrons. The van der Waals surface area contributed by atoms with Gasteiger partial charge in [-0.3, -0.25) is 0 Å². The summed E-state index contributed by atoms with van der Waals surface area (Å²) in [5.41, 5.74) is 1.20. The van der Waals surface area contributed by atoms with Gasteiger partial charge in [0.25, 0.3) is 0 Å². The number of aliphatic hydroxyl groups excluding tert-OH is 1. The van der Waals surface area contributed by atoms with E-state index in [1.54, 1.807) is 7.11 Å². The maximum Gasteiger partial charge on any atom is 0.149 e. The predicted octanol–water partition coefficient (Wildman–Crippen LogP) is 2.57. The van der Waals surface area contributed by atoms with Crippen molar-refractivity contribution in [3.63, 3.8) is 0 Å². The molecule has 0 spiro atoms. The van der Waals surface area contributed by atoms with Crippen LogP contribution in [-0.4, -0.2) is 38.5 Å². The second kappa shape index (κ2) is 10.5. The lowest BCUT2D eigenvalue weighted by Crippen LogP contribution is -2.15. The highest BCUT2D eigenvalue weighted by atomic mass is 16.7. The monoisotopic (exact) mass is 260 g/mol. The smallest absolute Gasteiger partial charge is 0.149 e. The minimum atomic E-state index is -0.264. The van der Waals surface area contributed by atoms with Crippen molar-refractivity contribution < 1.29 is 19.3 Å². The van der Waals surface area contributed by atoms with Gasteiger partial charge in [-0.2, -0.15) is 0 Å². The van der Waals surface area contributed by atoms with E-state index < -0.39 is 0 Å². The summed E-state index contributed by atoms with van der Waals surface area (Å²) in [7, 11) is 1.58. The quantitative estimate of drug-likeness (QED) is 0.372. The molecule has 0 saturated heterocycles. The average molecular weight is 260 g/mol. The molecule has 0 radical (unpaired) electrons. The molecule has 4 nitrogen and oxygen atoms in total.